The number of esters is 1. The summed E-state index contributed by atoms with van der Waals surface area (Å²) in [5, 5.41) is 8.65. The van der Waals surface area contributed by atoms with E-state index in [0.717, 1.165) is 24.2 Å². The van der Waals surface area contributed by atoms with Crippen molar-refractivity contribution in [2.24, 2.45) is 0 Å². The molecule has 2 aliphatic rings. The number of unbranched alkanes of at least 4 members (excludes halogenated alkanes) is 2. The molecule has 4 amide bonds. The number of nitrogens with zero attached hydrogens (tertiary/aromatic N) is 1. The molecule has 0 unspecified atom stereocenters. The minimum Gasteiger partial charge on any atom is -0.494 e. The van der Waals surface area contributed by atoms with E-state index in [1.807, 2.05) is 30.3 Å². The maximum Gasteiger partial charge on any atom is 0.338 e. The molecule has 2 aromatic carbocycles. The van der Waals surface area contributed by atoms with Gasteiger partial charge in [0.05, 0.1) is 18.8 Å². The van der Waals surface area contributed by atoms with Crippen molar-refractivity contribution in [3.05, 3.63) is 65.7 Å². The molecule has 4 rings (SSSR count). The Morgan fingerprint density at radius 2 is 1.64 bits per heavy atom. The van der Waals surface area contributed by atoms with Gasteiger partial charge in [-0.25, -0.2) is 4.79 Å². The van der Waals surface area contributed by atoms with Gasteiger partial charge in [0.15, 0.2) is 0 Å². The van der Waals surface area contributed by atoms with Crippen molar-refractivity contribution in [3.8, 4) is 5.75 Å². The largest absolute Gasteiger partial charge is 0.494 e. The fourth-order valence-electron chi connectivity index (χ4n) is 5.79. The molecule has 0 spiro atoms. The van der Waals surface area contributed by atoms with E-state index in [-0.39, 0.29) is 31.8 Å². The zero-order valence-electron chi connectivity index (χ0n) is 27.7. The number of fused-ring (bicyclic) bond motifs is 1. The second-order valence-electron chi connectivity index (χ2n) is 12.5. The third-order valence-electron chi connectivity index (χ3n) is 8.94. The van der Waals surface area contributed by atoms with Gasteiger partial charge in [0.25, 0.3) is 0 Å². The van der Waals surface area contributed by atoms with Gasteiger partial charge < -0.3 is 30.3 Å². The Morgan fingerprint density at radius 1 is 0.894 bits per heavy atom. The van der Waals surface area contributed by atoms with E-state index in [4.69, 9.17) is 9.47 Å². The first-order valence-corrected chi connectivity index (χ1v) is 16.8. The average molecular weight is 649 g/mol. The first-order chi connectivity index (χ1) is 22.6. The van der Waals surface area contributed by atoms with Crippen LogP contribution in [0.1, 0.15) is 88.1 Å². The zero-order chi connectivity index (χ0) is 33.8. The molecule has 47 heavy (non-hydrogen) atoms. The van der Waals surface area contributed by atoms with E-state index in [9.17, 15) is 24.0 Å². The number of hydrogen-bond acceptors (Lipinski definition) is 7. The van der Waals surface area contributed by atoms with Gasteiger partial charge in [0.1, 0.15) is 29.4 Å². The molecule has 2 heterocycles. The van der Waals surface area contributed by atoms with Gasteiger partial charge in [-0.3, -0.25) is 19.2 Å². The second-order valence-corrected chi connectivity index (χ2v) is 12.5. The fraction of sp³-hybridized carbons (Fsp3) is 0.528. The Labute approximate surface area is 277 Å². The summed E-state index contributed by atoms with van der Waals surface area (Å²) >= 11 is 0. The van der Waals surface area contributed by atoms with Crippen molar-refractivity contribution in [2.45, 2.75) is 102 Å². The number of nitrogens with one attached hydrogen (secondary N) is 3. The van der Waals surface area contributed by atoms with Crippen molar-refractivity contribution < 1.29 is 33.4 Å². The highest BCUT2D eigenvalue weighted by Crippen LogP contribution is 2.23. The molecule has 4 atom stereocenters. The number of carbonyl (C=O) groups excluding carboxylic acids is 5. The zero-order valence-corrected chi connectivity index (χ0v) is 27.7. The smallest absolute Gasteiger partial charge is 0.338 e. The van der Waals surface area contributed by atoms with Crippen molar-refractivity contribution in [1.29, 1.82) is 0 Å². The third-order valence-corrected chi connectivity index (χ3v) is 8.94. The van der Waals surface area contributed by atoms with E-state index in [1.165, 1.54) is 4.90 Å². The molecule has 0 bridgehead atoms. The van der Waals surface area contributed by atoms with Crippen LogP contribution in [0.3, 0.4) is 0 Å². The fourth-order valence-corrected chi connectivity index (χ4v) is 5.79. The van der Waals surface area contributed by atoms with Crippen LogP contribution in [0.5, 0.6) is 5.75 Å². The van der Waals surface area contributed by atoms with Gasteiger partial charge in [-0.2, -0.15) is 0 Å². The van der Waals surface area contributed by atoms with Gasteiger partial charge in [-0.05, 0) is 81.7 Å². The Bertz CT molecular complexity index is 1380. The molecule has 0 radical (unpaired) electrons. The number of amides is 4. The summed E-state index contributed by atoms with van der Waals surface area (Å²) in [6, 6.07) is 13.5. The summed E-state index contributed by atoms with van der Waals surface area (Å²) in [7, 11) is 0. The van der Waals surface area contributed by atoms with E-state index >= 15 is 0 Å². The quantitative estimate of drug-likeness (QED) is 0.222. The predicted molar refractivity (Wildman–Crippen MR) is 177 cm³/mol. The van der Waals surface area contributed by atoms with Crippen LogP contribution in [0.25, 0.3) is 0 Å². The molecule has 254 valence electrons. The Morgan fingerprint density at radius 3 is 2.34 bits per heavy atom. The molecule has 0 aromatic heterocycles. The van der Waals surface area contributed by atoms with Crippen LogP contribution < -0.4 is 20.7 Å². The monoisotopic (exact) mass is 648 g/mol. The molecule has 11 nitrogen and oxygen atoms in total. The summed E-state index contributed by atoms with van der Waals surface area (Å²) in [6.45, 7) is 6.66. The van der Waals surface area contributed by atoms with Crippen LogP contribution in [0, 0.1) is 0 Å². The predicted octanol–water partition coefficient (Wildman–Crippen LogP) is 3.69. The summed E-state index contributed by atoms with van der Waals surface area (Å²) < 4.78 is 11.1. The van der Waals surface area contributed by atoms with Gasteiger partial charge in [-0.1, -0.05) is 50.6 Å². The van der Waals surface area contributed by atoms with Gasteiger partial charge >= 0.3 is 5.97 Å². The van der Waals surface area contributed by atoms with Gasteiger partial charge in [0.2, 0.25) is 23.6 Å². The minimum absolute atomic E-state index is 0.159. The molecule has 11 heteroatoms. The van der Waals surface area contributed by atoms with Crippen LogP contribution in [0.2, 0.25) is 0 Å². The number of hydrogen-bond donors (Lipinski definition) is 3. The number of ether oxygens (including phenoxy) is 2. The lowest BCUT2D eigenvalue weighted by Gasteiger charge is -2.36. The highest BCUT2D eigenvalue weighted by Gasteiger charge is 2.43. The molecule has 2 fully saturated rings. The highest BCUT2D eigenvalue weighted by molar-refractivity contribution is 5.99. The SMILES string of the molecule is CCCCOc1ccc(C[C@@H]2NC(=O)[C@](C)(CC)NC(=O)[C@H](CCCCOC(=O)c3ccccc3)NC(=O)[C@H]3CCCN3C2=O)cc1. The average Bonchev–Trinajstić information content (AvgIpc) is 3.58. The van der Waals surface area contributed by atoms with Gasteiger partial charge in [0, 0.05) is 13.0 Å². The van der Waals surface area contributed by atoms with Crippen molar-refractivity contribution in [2.75, 3.05) is 19.8 Å². The minimum atomic E-state index is -1.33. The molecule has 2 saturated heterocycles. The summed E-state index contributed by atoms with van der Waals surface area (Å²) in [5.74, 6) is -1.38. The van der Waals surface area contributed by atoms with Crippen molar-refractivity contribution in [1.82, 2.24) is 20.9 Å². The molecule has 2 aliphatic heterocycles. The van der Waals surface area contributed by atoms with Crippen molar-refractivity contribution >= 4 is 29.6 Å². The van der Waals surface area contributed by atoms with Crippen LogP contribution in [-0.2, 0) is 30.3 Å². The van der Waals surface area contributed by atoms with E-state index < -0.39 is 47.4 Å². The van der Waals surface area contributed by atoms with E-state index in [0.29, 0.717) is 44.4 Å². The van der Waals surface area contributed by atoms with Gasteiger partial charge in [-0.15, -0.1) is 0 Å². The number of rotatable bonds is 13. The van der Waals surface area contributed by atoms with Crippen LogP contribution >= 0.6 is 0 Å². The molecule has 0 saturated carbocycles. The third kappa shape index (κ3) is 9.56. The first kappa shape index (κ1) is 35.4. The maximum atomic E-state index is 14.0. The number of carbonyl (C=O) groups is 5. The molecule has 2 aromatic rings. The topological polar surface area (TPSA) is 143 Å². The maximum absolute atomic E-state index is 14.0. The lowest BCUT2D eigenvalue weighted by atomic mass is 9.94. The highest BCUT2D eigenvalue weighted by atomic mass is 16.5. The summed E-state index contributed by atoms with van der Waals surface area (Å²) in [4.78, 5) is 68.8. The summed E-state index contributed by atoms with van der Waals surface area (Å²) in [5.41, 5.74) is -0.0426. The summed E-state index contributed by atoms with van der Waals surface area (Å²) in [6.07, 6.45) is 4.77. The molecular formula is C36H48N4O7. The second kappa shape index (κ2) is 16.9. The lowest BCUT2D eigenvalue weighted by molar-refractivity contribution is -0.144. The van der Waals surface area contributed by atoms with Crippen LogP contribution in [0.4, 0.5) is 0 Å². The van der Waals surface area contributed by atoms with E-state index in [2.05, 4.69) is 22.9 Å². The molecular weight excluding hydrogens is 600 g/mol. The normalized spacial score (nSPS) is 23.5. The Hall–Kier alpha value is -4.41. The van der Waals surface area contributed by atoms with Crippen LogP contribution in [-0.4, -0.2) is 77.9 Å². The first-order valence-electron chi connectivity index (χ1n) is 16.8. The Kier molecular flexibility index (Phi) is 12.8. The number of benzene rings is 2. The Balaban J connectivity index is 1.46. The molecule has 0 aliphatic carbocycles. The van der Waals surface area contributed by atoms with Crippen molar-refractivity contribution in [3.63, 3.8) is 0 Å². The lowest BCUT2D eigenvalue weighted by Crippen LogP contribution is -2.65. The van der Waals surface area contributed by atoms with Crippen LogP contribution in [0.15, 0.2) is 54.6 Å². The standard InChI is InChI=1S/C36H48N4O7/c1-4-6-22-46-27-19-17-25(18-20-27)24-29-33(43)40-21-12-16-30(40)32(42)37-28(31(41)39-36(3,5-2)35(45)38-29)15-10-11-23-47-34(44)26-13-8-7-9-14-26/h7-9,13-14,17-20,28-30H,4-6,10-12,15-16,21-24H2,1-3H3,(H,37,42)(H,38,45)(H,39,41)/t28-,29-,30+,36-/m0/s1. The van der Waals surface area contributed by atoms with E-state index in [1.54, 1.807) is 38.1 Å². The molecule has 3 N–H and O–H groups in total.